The molecule has 0 spiro atoms. The molecular weight excluding hydrogens is 244 g/mol. The van der Waals surface area contributed by atoms with Crippen molar-refractivity contribution in [1.29, 1.82) is 5.26 Å². The predicted octanol–water partition coefficient (Wildman–Crippen LogP) is 2.00. The summed E-state index contributed by atoms with van der Waals surface area (Å²) in [5, 5.41) is 29.1. The molecule has 0 saturated carbocycles. The summed E-state index contributed by atoms with van der Waals surface area (Å²) in [5.41, 5.74) is 0.220. The van der Waals surface area contributed by atoms with E-state index in [-0.39, 0.29) is 11.3 Å². The highest BCUT2D eigenvalue weighted by atomic mass is 16.4. The van der Waals surface area contributed by atoms with Crippen molar-refractivity contribution < 1.29 is 15.0 Å². The molecule has 0 aliphatic carbocycles. The van der Waals surface area contributed by atoms with Crippen molar-refractivity contribution in [1.82, 2.24) is 5.32 Å². The lowest BCUT2D eigenvalue weighted by molar-refractivity contribution is -0.132. The fourth-order valence-electron chi connectivity index (χ4n) is 1.13. The third-order valence-electron chi connectivity index (χ3n) is 2.05. The van der Waals surface area contributed by atoms with Gasteiger partial charge in [-0.3, -0.25) is 0 Å². The molecule has 5 heteroatoms. The highest BCUT2D eigenvalue weighted by Crippen LogP contribution is 2.12. The Morgan fingerprint density at radius 1 is 1.32 bits per heavy atom. The minimum absolute atomic E-state index is 0.0935. The Balaban J connectivity index is 0.000000555. The predicted molar refractivity (Wildman–Crippen MR) is 73.6 cm³/mol. The van der Waals surface area contributed by atoms with Gasteiger partial charge in [-0.25, -0.2) is 4.79 Å². The van der Waals surface area contributed by atoms with Gasteiger partial charge in [-0.2, -0.15) is 5.26 Å². The fourth-order valence-corrected chi connectivity index (χ4v) is 1.13. The number of benzene rings is 1. The Kier molecular flexibility index (Phi) is 8.50. The second kappa shape index (κ2) is 9.68. The second-order valence-corrected chi connectivity index (χ2v) is 3.52. The maximum absolute atomic E-state index is 10.5. The number of hydrogen-bond acceptors (Lipinski definition) is 4. The van der Waals surface area contributed by atoms with Crippen LogP contribution < -0.4 is 5.32 Å². The van der Waals surface area contributed by atoms with Crippen molar-refractivity contribution in [2.75, 3.05) is 13.1 Å². The molecule has 0 atom stereocenters. The Bertz CT molecular complexity index is 457. The normalized spacial score (nSPS) is 10.1. The number of carbonyl (C=O) groups is 1. The summed E-state index contributed by atoms with van der Waals surface area (Å²) in [5.74, 6) is -1.17. The Hall–Kier alpha value is -2.32. The molecule has 0 bridgehead atoms. The molecule has 0 unspecified atom stereocenters. The summed E-state index contributed by atoms with van der Waals surface area (Å²) in [7, 11) is 0. The highest BCUT2D eigenvalue weighted by Gasteiger charge is 2.04. The molecule has 102 valence electrons. The number of phenolic OH excluding ortho intramolecular Hbond substituents is 1. The standard InChI is InChI=1S/C10H7NO3.C4H11N/c11-6-8(10(13)14)5-7-1-3-9(12)4-2-7;1-3-5-4-2/h1-5,12H,(H,13,14);5H,3-4H2,1-2H3/b8-5-;. The van der Waals surface area contributed by atoms with E-state index < -0.39 is 5.97 Å². The topological polar surface area (TPSA) is 93.4 Å². The summed E-state index contributed by atoms with van der Waals surface area (Å²) >= 11 is 0. The molecule has 0 aromatic heterocycles. The molecule has 1 aromatic rings. The van der Waals surface area contributed by atoms with Crippen LogP contribution in [-0.2, 0) is 4.79 Å². The average Bonchev–Trinajstić information content (AvgIpc) is 2.39. The molecule has 0 fully saturated rings. The summed E-state index contributed by atoms with van der Waals surface area (Å²) in [4.78, 5) is 10.5. The zero-order chi connectivity index (χ0) is 14.7. The monoisotopic (exact) mass is 262 g/mol. The van der Waals surface area contributed by atoms with Gasteiger partial charge in [-0.05, 0) is 36.9 Å². The van der Waals surface area contributed by atoms with Gasteiger partial charge in [0.05, 0.1) is 0 Å². The second-order valence-electron chi connectivity index (χ2n) is 3.52. The largest absolute Gasteiger partial charge is 0.508 e. The van der Waals surface area contributed by atoms with Crippen LogP contribution >= 0.6 is 0 Å². The number of carboxylic acid groups (broad SMARTS) is 1. The minimum Gasteiger partial charge on any atom is -0.508 e. The highest BCUT2D eigenvalue weighted by molar-refractivity contribution is 5.96. The zero-order valence-corrected chi connectivity index (χ0v) is 11.1. The molecule has 1 rings (SSSR count). The molecular formula is C14H18N2O3. The lowest BCUT2D eigenvalue weighted by Crippen LogP contribution is -2.09. The van der Waals surface area contributed by atoms with Crippen molar-refractivity contribution in [3.05, 3.63) is 35.4 Å². The van der Waals surface area contributed by atoms with E-state index in [1.165, 1.54) is 30.3 Å². The lowest BCUT2D eigenvalue weighted by Gasteiger charge is -1.94. The number of nitriles is 1. The van der Waals surface area contributed by atoms with Crippen molar-refractivity contribution in [3.63, 3.8) is 0 Å². The summed E-state index contributed by atoms with van der Waals surface area (Å²) in [6, 6.07) is 7.45. The fraction of sp³-hybridized carbons (Fsp3) is 0.286. The maximum Gasteiger partial charge on any atom is 0.346 e. The quantitative estimate of drug-likeness (QED) is 0.570. The van der Waals surface area contributed by atoms with Crippen LogP contribution in [0.2, 0.25) is 0 Å². The number of hydrogen-bond donors (Lipinski definition) is 3. The smallest absolute Gasteiger partial charge is 0.346 e. The molecule has 0 radical (unpaired) electrons. The van der Waals surface area contributed by atoms with Crippen LogP contribution in [0.1, 0.15) is 19.4 Å². The number of nitrogens with one attached hydrogen (secondary N) is 1. The Morgan fingerprint density at radius 2 is 1.84 bits per heavy atom. The number of aromatic hydroxyl groups is 1. The van der Waals surface area contributed by atoms with Gasteiger partial charge in [-0.15, -0.1) is 0 Å². The molecule has 19 heavy (non-hydrogen) atoms. The van der Waals surface area contributed by atoms with Crippen LogP contribution in [0.4, 0.5) is 0 Å². The number of carboxylic acids is 1. The summed E-state index contributed by atoms with van der Waals surface area (Å²) in [6.45, 7) is 6.39. The third kappa shape index (κ3) is 7.58. The first-order valence-electron chi connectivity index (χ1n) is 5.89. The van der Waals surface area contributed by atoms with Crippen molar-refractivity contribution in [2.24, 2.45) is 0 Å². The number of nitrogens with zero attached hydrogens (tertiary/aromatic N) is 1. The van der Waals surface area contributed by atoms with E-state index >= 15 is 0 Å². The van der Waals surface area contributed by atoms with E-state index in [0.29, 0.717) is 5.56 Å². The van der Waals surface area contributed by atoms with E-state index in [1.807, 2.05) is 0 Å². The van der Waals surface area contributed by atoms with Crippen LogP contribution in [-0.4, -0.2) is 29.3 Å². The van der Waals surface area contributed by atoms with Crippen LogP contribution in [0, 0.1) is 11.3 Å². The van der Waals surface area contributed by atoms with Crippen LogP contribution in [0.25, 0.3) is 6.08 Å². The Labute approximate surface area is 112 Å². The number of aliphatic carboxylic acids is 1. The van der Waals surface area contributed by atoms with Gasteiger partial charge in [0.2, 0.25) is 0 Å². The molecule has 3 N–H and O–H groups in total. The van der Waals surface area contributed by atoms with Crippen molar-refractivity contribution in [3.8, 4) is 11.8 Å². The lowest BCUT2D eigenvalue weighted by atomic mass is 10.1. The van der Waals surface area contributed by atoms with E-state index in [4.69, 9.17) is 15.5 Å². The van der Waals surface area contributed by atoms with Crippen LogP contribution in [0.5, 0.6) is 5.75 Å². The summed E-state index contributed by atoms with van der Waals surface area (Å²) < 4.78 is 0. The number of rotatable bonds is 4. The number of phenols is 1. The van der Waals surface area contributed by atoms with Crippen LogP contribution in [0.3, 0.4) is 0 Å². The van der Waals surface area contributed by atoms with E-state index in [0.717, 1.165) is 13.1 Å². The molecule has 0 aliphatic heterocycles. The molecule has 0 saturated heterocycles. The van der Waals surface area contributed by atoms with Gasteiger partial charge in [0, 0.05) is 0 Å². The maximum atomic E-state index is 10.5. The Morgan fingerprint density at radius 3 is 2.16 bits per heavy atom. The van der Waals surface area contributed by atoms with Gasteiger partial charge < -0.3 is 15.5 Å². The first kappa shape index (κ1) is 16.7. The van der Waals surface area contributed by atoms with Gasteiger partial charge in [0.15, 0.2) is 0 Å². The molecule has 0 amide bonds. The molecule has 0 aliphatic rings. The third-order valence-corrected chi connectivity index (χ3v) is 2.05. The first-order valence-corrected chi connectivity index (χ1v) is 5.89. The van der Waals surface area contributed by atoms with E-state index in [1.54, 1.807) is 6.07 Å². The van der Waals surface area contributed by atoms with Gasteiger partial charge in [0.1, 0.15) is 17.4 Å². The molecule has 1 aromatic carbocycles. The van der Waals surface area contributed by atoms with Crippen molar-refractivity contribution >= 4 is 12.0 Å². The van der Waals surface area contributed by atoms with Gasteiger partial charge in [0.25, 0.3) is 0 Å². The first-order chi connectivity index (χ1) is 9.04. The minimum atomic E-state index is -1.26. The SMILES string of the molecule is CCNCC.N#C/C(=C/c1ccc(O)cc1)C(=O)O. The van der Waals surface area contributed by atoms with Gasteiger partial charge in [-0.1, -0.05) is 26.0 Å². The molecule has 0 heterocycles. The summed E-state index contributed by atoms with van der Waals surface area (Å²) in [6.07, 6.45) is 1.24. The molecule has 5 nitrogen and oxygen atoms in total. The van der Waals surface area contributed by atoms with Crippen LogP contribution in [0.15, 0.2) is 29.8 Å². The van der Waals surface area contributed by atoms with Gasteiger partial charge >= 0.3 is 5.97 Å². The zero-order valence-electron chi connectivity index (χ0n) is 11.1. The van der Waals surface area contributed by atoms with E-state index in [2.05, 4.69) is 19.2 Å². The van der Waals surface area contributed by atoms with E-state index in [9.17, 15) is 4.79 Å². The van der Waals surface area contributed by atoms with Crippen molar-refractivity contribution in [2.45, 2.75) is 13.8 Å². The average molecular weight is 262 g/mol.